The molecular formula is C25H20BrClN2O4. The highest BCUT2D eigenvalue weighted by Crippen LogP contribution is 2.34. The molecule has 0 radical (unpaired) electrons. The Hall–Kier alpha value is -3.16. The van der Waals surface area contributed by atoms with Crippen LogP contribution in [0.4, 0.5) is 0 Å². The van der Waals surface area contributed by atoms with Crippen molar-refractivity contribution in [2.45, 2.75) is 12.5 Å². The number of ether oxygens (including phenoxy) is 2. The van der Waals surface area contributed by atoms with E-state index in [9.17, 15) is 9.59 Å². The van der Waals surface area contributed by atoms with Crippen LogP contribution in [0.2, 0.25) is 5.02 Å². The van der Waals surface area contributed by atoms with Crippen molar-refractivity contribution in [3.8, 4) is 11.5 Å². The molecule has 0 spiro atoms. The lowest BCUT2D eigenvalue weighted by Crippen LogP contribution is -2.31. The molecular weight excluding hydrogens is 508 g/mol. The molecule has 3 aromatic carbocycles. The van der Waals surface area contributed by atoms with Gasteiger partial charge in [-0.2, -0.15) is 5.10 Å². The second kappa shape index (κ2) is 10.2. The molecule has 0 fully saturated rings. The average Bonchev–Trinajstić information content (AvgIpc) is 3.29. The van der Waals surface area contributed by atoms with Gasteiger partial charge in [-0.1, -0.05) is 51.8 Å². The average molecular weight is 528 g/mol. The fourth-order valence-corrected chi connectivity index (χ4v) is 3.97. The summed E-state index contributed by atoms with van der Waals surface area (Å²) < 4.78 is 12.0. The van der Waals surface area contributed by atoms with Gasteiger partial charge in [0.1, 0.15) is 6.29 Å². The summed E-state index contributed by atoms with van der Waals surface area (Å²) in [6.45, 7) is -0.238. The maximum atomic E-state index is 13.2. The summed E-state index contributed by atoms with van der Waals surface area (Å²) in [5, 5.41) is 6.73. The number of carbonyl (C=O) groups is 2. The molecule has 4 rings (SSSR count). The summed E-state index contributed by atoms with van der Waals surface area (Å²) >= 11 is 9.50. The molecule has 0 aliphatic carbocycles. The molecule has 3 aromatic rings. The van der Waals surface area contributed by atoms with Crippen LogP contribution in [0.25, 0.3) is 0 Å². The molecule has 8 heteroatoms. The molecule has 1 unspecified atom stereocenters. The lowest BCUT2D eigenvalue weighted by molar-refractivity contribution is -0.135. The number of hydrogen-bond acceptors (Lipinski definition) is 5. The Morgan fingerprint density at radius 2 is 1.85 bits per heavy atom. The highest BCUT2D eigenvalue weighted by atomic mass is 79.9. The van der Waals surface area contributed by atoms with E-state index in [0.717, 1.165) is 27.6 Å². The van der Waals surface area contributed by atoms with Gasteiger partial charge in [0.15, 0.2) is 18.1 Å². The molecule has 1 atom stereocenters. The highest BCUT2D eigenvalue weighted by molar-refractivity contribution is 9.10. The standard InChI is InChI=1S/C25H20BrClN2O4/c1-32-24-12-16(14-30)2-11-23(24)33-15-25(31)29-22(18-5-9-20(27)10-6-18)13-21(28-29)17-3-7-19(26)8-4-17/h2-12,14,22H,13,15H2,1H3. The SMILES string of the molecule is COc1cc(C=O)ccc1OCC(=O)N1N=C(c2ccc(Br)cc2)CC1c1ccc(Cl)cc1. The molecule has 1 heterocycles. The molecule has 0 saturated carbocycles. The topological polar surface area (TPSA) is 68.2 Å². The second-order valence-corrected chi connectivity index (χ2v) is 8.73. The zero-order valence-electron chi connectivity index (χ0n) is 17.7. The van der Waals surface area contributed by atoms with Gasteiger partial charge in [0.25, 0.3) is 5.91 Å². The van der Waals surface area contributed by atoms with Crippen LogP contribution in [-0.4, -0.2) is 36.6 Å². The van der Waals surface area contributed by atoms with Gasteiger partial charge >= 0.3 is 0 Å². The molecule has 1 amide bonds. The summed E-state index contributed by atoms with van der Waals surface area (Å²) in [6.07, 6.45) is 1.28. The normalized spacial score (nSPS) is 15.2. The zero-order valence-corrected chi connectivity index (χ0v) is 20.0. The van der Waals surface area contributed by atoms with E-state index in [2.05, 4.69) is 21.0 Å². The van der Waals surface area contributed by atoms with Gasteiger partial charge < -0.3 is 9.47 Å². The number of benzene rings is 3. The molecule has 6 nitrogen and oxygen atoms in total. The molecule has 0 bridgehead atoms. The minimum atomic E-state index is -0.302. The lowest BCUT2D eigenvalue weighted by Gasteiger charge is -2.22. The minimum Gasteiger partial charge on any atom is -0.493 e. The Labute approximate surface area is 204 Å². The van der Waals surface area contributed by atoms with Crippen molar-refractivity contribution >= 4 is 45.4 Å². The van der Waals surface area contributed by atoms with Gasteiger partial charge in [0.2, 0.25) is 0 Å². The van der Waals surface area contributed by atoms with Crippen molar-refractivity contribution < 1.29 is 19.1 Å². The Balaban J connectivity index is 1.58. The van der Waals surface area contributed by atoms with Crippen LogP contribution < -0.4 is 9.47 Å². The maximum Gasteiger partial charge on any atom is 0.281 e. The predicted molar refractivity (Wildman–Crippen MR) is 130 cm³/mol. The monoisotopic (exact) mass is 526 g/mol. The number of aldehydes is 1. The first-order valence-electron chi connectivity index (χ1n) is 10.2. The van der Waals surface area contributed by atoms with Crippen molar-refractivity contribution in [2.75, 3.05) is 13.7 Å². The molecule has 1 aliphatic rings. The number of methoxy groups -OCH3 is 1. The molecule has 1 aliphatic heterocycles. The van der Waals surface area contributed by atoms with E-state index in [1.807, 2.05) is 36.4 Å². The van der Waals surface area contributed by atoms with Crippen LogP contribution >= 0.6 is 27.5 Å². The molecule has 33 heavy (non-hydrogen) atoms. The number of hydrogen-bond donors (Lipinski definition) is 0. The molecule has 0 saturated heterocycles. The first-order chi connectivity index (χ1) is 16.0. The van der Waals surface area contributed by atoms with Gasteiger partial charge in [-0.05, 0) is 53.6 Å². The van der Waals surface area contributed by atoms with Crippen molar-refractivity contribution in [3.63, 3.8) is 0 Å². The van der Waals surface area contributed by atoms with Crippen LogP contribution in [0.5, 0.6) is 11.5 Å². The third-order valence-electron chi connectivity index (χ3n) is 5.27. The van der Waals surface area contributed by atoms with Gasteiger partial charge in [0, 0.05) is 21.5 Å². The third-order valence-corrected chi connectivity index (χ3v) is 6.05. The molecule has 168 valence electrons. The summed E-state index contributed by atoms with van der Waals surface area (Å²) in [5.74, 6) is 0.446. The van der Waals surface area contributed by atoms with E-state index in [4.69, 9.17) is 21.1 Å². The van der Waals surface area contributed by atoms with Gasteiger partial charge in [-0.3, -0.25) is 9.59 Å². The largest absolute Gasteiger partial charge is 0.493 e. The fourth-order valence-electron chi connectivity index (χ4n) is 3.58. The zero-order chi connectivity index (χ0) is 23.4. The number of halogens is 2. The first-order valence-corrected chi connectivity index (χ1v) is 11.3. The van der Waals surface area contributed by atoms with Crippen LogP contribution in [0.1, 0.15) is 33.9 Å². The number of nitrogens with zero attached hydrogens (tertiary/aromatic N) is 2. The number of amides is 1. The fraction of sp³-hybridized carbons (Fsp3) is 0.160. The van der Waals surface area contributed by atoms with Gasteiger partial charge in [-0.15, -0.1) is 0 Å². The summed E-state index contributed by atoms with van der Waals surface area (Å²) in [6, 6.07) is 19.7. The van der Waals surface area contributed by atoms with Crippen LogP contribution in [0.15, 0.2) is 76.3 Å². The second-order valence-electron chi connectivity index (χ2n) is 7.38. The van der Waals surface area contributed by atoms with E-state index in [1.165, 1.54) is 12.1 Å². The van der Waals surface area contributed by atoms with Crippen LogP contribution in [0.3, 0.4) is 0 Å². The summed E-state index contributed by atoms with van der Waals surface area (Å²) in [5.41, 5.74) is 3.14. The smallest absolute Gasteiger partial charge is 0.281 e. The maximum absolute atomic E-state index is 13.2. The Kier molecular flexibility index (Phi) is 7.11. The van der Waals surface area contributed by atoms with Crippen molar-refractivity contribution in [1.29, 1.82) is 0 Å². The first kappa shape index (κ1) is 23.0. The number of carbonyl (C=O) groups excluding carboxylic acids is 2. The quantitative estimate of drug-likeness (QED) is 0.371. The summed E-state index contributed by atoms with van der Waals surface area (Å²) in [7, 11) is 1.48. The Morgan fingerprint density at radius 3 is 2.52 bits per heavy atom. The van der Waals surface area contributed by atoms with E-state index < -0.39 is 0 Å². The lowest BCUT2D eigenvalue weighted by atomic mass is 9.98. The van der Waals surface area contributed by atoms with Crippen molar-refractivity contribution in [2.24, 2.45) is 5.10 Å². The van der Waals surface area contributed by atoms with Crippen molar-refractivity contribution in [3.05, 3.63) is 92.9 Å². The van der Waals surface area contributed by atoms with E-state index in [1.54, 1.807) is 30.3 Å². The van der Waals surface area contributed by atoms with E-state index in [-0.39, 0.29) is 18.6 Å². The third kappa shape index (κ3) is 5.26. The van der Waals surface area contributed by atoms with Gasteiger partial charge in [-0.25, -0.2) is 5.01 Å². The molecule has 0 N–H and O–H groups in total. The highest BCUT2D eigenvalue weighted by Gasteiger charge is 2.33. The summed E-state index contributed by atoms with van der Waals surface area (Å²) in [4.78, 5) is 24.2. The van der Waals surface area contributed by atoms with E-state index >= 15 is 0 Å². The Morgan fingerprint density at radius 1 is 1.12 bits per heavy atom. The number of hydrazone groups is 1. The minimum absolute atomic E-state index is 0.238. The number of rotatable bonds is 7. The Bertz CT molecular complexity index is 1200. The van der Waals surface area contributed by atoms with Gasteiger partial charge in [0.05, 0.1) is 18.9 Å². The van der Waals surface area contributed by atoms with Crippen LogP contribution in [0, 0.1) is 0 Å². The predicted octanol–water partition coefficient (Wildman–Crippen LogP) is 5.68. The van der Waals surface area contributed by atoms with E-state index in [0.29, 0.717) is 28.5 Å². The van der Waals surface area contributed by atoms with Crippen molar-refractivity contribution in [1.82, 2.24) is 5.01 Å². The molecule has 0 aromatic heterocycles. The van der Waals surface area contributed by atoms with Crippen LogP contribution in [-0.2, 0) is 4.79 Å².